The molecule has 0 spiro atoms. The van der Waals surface area contributed by atoms with Crippen molar-refractivity contribution in [1.82, 2.24) is 4.72 Å². The minimum Gasteiger partial charge on any atom is -0.384 e. The molecule has 0 heterocycles. The molecule has 0 fully saturated rings. The molecule has 150 valence electrons. The first-order valence-corrected chi connectivity index (χ1v) is 10.3. The Morgan fingerprint density at radius 2 is 1.48 bits per heavy atom. The second-order valence-corrected chi connectivity index (χ2v) is 8.50. The quantitative estimate of drug-likeness (QED) is 0.456. The van der Waals surface area contributed by atoms with Gasteiger partial charge in [-0.05, 0) is 29.7 Å². The van der Waals surface area contributed by atoms with Crippen molar-refractivity contribution < 1.29 is 18.4 Å². The molecule has 3 rings (SSSR count). The molecule has 0 saturated heterocycles. The zero-order valence-electron chi connectivity index (χ0n) is 15.6. The molecule has 0 aromatic heterocycles. The monoisotopic (exact) mass is 412 g/mol. The molecule has 1 atom stereocenters. The Morgan fingerprint density at radius 1 is 0.931 bits per heavy atom. The summed E-state index contributed by atoms with van der Waals surface area (Å²) in [5, 5.41) is 21.9. The molecule has 3 aromatic rings. The Kier molecular flexibility index (Phi) is 5.78. The number of rotatable bonds is 7. The molecule has 0 radical (unpaired) electrons. The van der Waals surface area contributed by atoms with Gasteiger partial charge >= 0.3 is 0 Å². The minimum absolute atomic E-state index is 0.341. The van der Waals surface area contributed by atoms with Gasteiger partial charge in [0.1, 0.15) is 5.60 Å². The largest absolute Gasteiger partial charge is 0.384 e. The van der Waals surface area contributed by atoms with Crippen LogP contribution in [0.15, 0.2) is 83.8 Å². The lowest BCUT2D eigenvalue weighted by molar-refractivity contribution is -0.387. The van der Waals surface area contributed by atoms with Gasteiger partial charge in [-0.15, -0.1) is 0 Å². The second-order valence-electron chi connectivity index (χ2n) is 6.77. The van der Waals surface area contributed by atoms with Crippen molar-refractivity contribution in [2.75, 3.05) is 6.54 Å². The zero-order chi connectivity index (χ0) is 21.1. The summed E-state index contributed by atoms with van der Waals surface area (Å²) in [5.74, 6) is 0. The predicted octanol–water partition coefficient (Wildman–Crippen LogP) is 3.45. The maximum Gasteiger partial charge on any atom is 0.289 e. The maximum absolute atomic E-state index is 12.5. The number of hydrogen-bond acceptors (Lipinski definition) is 5. The summed E-state index contributed by atoms with van der Waals surface area (Å²) < 4.78 is 27.4. The highest BCUT2D eigenvalue weighted by molar-refractivity contribution is 7.89. The third-order valence-electron chi connectivity index (χ3n) is 4.57. The lowest BCUT2D eigenvalue weighted by atomic mass is 9.94. The van der Waals surface area contributed by atoms with Crippen molar-refractivity contribution in [2.45, 2.75) is 17.4 Å². The van der Waals surface area contributed by atoms with Gasteiger partial charge in [-0.2, -0.15) is 0 Å². The van der Waals surface area contributed by atoms with Crippen molar-refractivity contribution in [3.8, 4) is 11.1 Å². The summed E-state index contributed by atoms with van der Waals surface area (Å²) in [5.41, 5.74) is 0.474. The zero-order valence-corrected chi connectivity index (χ0v) is 16.5. The van der Waals surface area contributed by atoms with Gasteiger partial charge in [0.15, 0.2) is 4.90 Å². The number of nitrogens with zero attached hydrogens (tertiary/aromatic N) is 1. The highest BCUT2D eigenvalue weighted by atomic mass is 32.2. The lowest BCUT2D eigenvalue weighted by Gasteiger charge is -2.24. The molecule has 3 aromatic carbocycles. The molecule has 29 heavy (non-hydrogen) atoms. The van der Waals surface area contributed by atoms with E-state index in [1.54, 1.807) is 12.1 Å². The normalized spacial score (nSPS) is 13.6. The fraction of sp³-hybridized carbons (Fsp3) is 0.143. The highest BCUT2D eigenvalue weighted by Gasteiger charge is 2.29. The number of benzene rings is 3. The SMILES string of the molecule is CC(O)(CNS(=O)(=O)c1ccccc1[N+](=O)[O-])c1ccc(-c2ccccc2)cc1. The molecule has 0 amide bonds. The van der Waals surface area contributed by atoms with Crippen LogP contribution in [0.5, 0.6) is 0 Å². The van der Waals surface area contributed by atoms with Crippen LogP contribution in [0, 0.1) is 10.1 Å². The molecule has 8 heteroatoms. The van der Waals surface area contributed by atoms with Crippen molar-refractivity contribution in [3.05, 3.63) is 94.5 Å². The van der Waals surface area contributed by atoms with Gasteiger partial charge in [0, 0.05) is 12.6 Å². The van der Waals surface area contributed by atoms with Crippen LogP contribution in [0.25, 0.3) is 11.1 Å². The molecular weight excluding hydrogens is 392 g/mol. The molecule has 0 saturated carbocycles. The number of nitro groups is 1. The van der Waals surface area contributed by atoms with Crippen molar-refractivity contribution >= 4 is 15.7 Å². The molecule has 1 unspecified atom stereocenters. The number of para-hydroxylation sites is 1. The second kappa shape index (κ2) is 8.12. The molecule has 0 bridgehead atoms. The van der Waals surface area contributed by atoms with E-state index in [1.807, 2.05) is 42.5 Å². The summed E-state index contributed by atoms with van der Waals surface area (Å²) in [6.07, 6.45) is 0. The Morgan fingerprint density at radius 3 is 2.10 bits per heavy atom. The van der Waals surface area contributed by atoms with Crippen LogP contribution in [0.3, 0.4) is 0 Å². The fourth-order valence-corrected chi connectivity index (χ4v) is 4.21. The van der Waals surface area contributed by atoms with Crippen LogP contribution in [0.4, 0.5) is 5.69 Å². The Balaban J connectivity index is 1.78. The van der Waals surface area contributed by atoms with Crippen molar-refractivity contribution in [2.24, 2.45) is 0 Å². The topological polar surface area (TPSA) is 110 Å². The van der Waals surface area contributed by atoms with E-state index in [0.29, 0.717) is 5.56 Å². The first kappa shape index (κ1) is 20.7. The maximum atomic E-state index is 12.5. The third-order valence-corrected chi connectivity index (χ3v) is 6.02. The van der Waals surface area contributed by atoms with Crippen LogP contribution in [0.2, 0.25) is 0 Å². The summed E-state index contributed by atoms with van der Waals surface area (Å²) in [6.45, 7) is 1.14. The Hall–Kier alpha value is -3.07. The number of sulfonamides is 1. The number of nitro benzene ring substituents is 1. The van der Waals surface area contributed by atoms with Crippen LogP contribution in [-0.4, -0.2) is 25.0 Å². The summed E-state index contributed by atoms with van der Waals surface area (Å²) in [7, 11) is -4.18. The summed E-state index contributed by atoms with van der Waals surface area (Å²) in [4.78, 5) is 9.90. The van der Waals surface area contributed by atoms with Gasteiger partial charge in [0.25, 0.3) is 5.69 Å². The van der Waals surface area contributed by atoms with Gasteiger partial charge in [0.2, 0.25) is 10.0 Å². The average molecular weight is 412 g/mol. The van der Waals surface area contributed by atoms with Crippen LogP contribution in [-0.2, 0) is 15.6 Å². The molecular formula is C21H20N2O5S. The predicted molar refractivity (Wildman–Crippen MR) is 110 cm³/mol. The standard InChI is InChI=1S/C21H20N2O5S/c1-21(24,18-13-11-17(12-14-18)16-7-3-2-4-8-16)15-22-29(27,28)20-10-6-5-9-19(20)23(25)26/h2-14,22,24H,15H2,1H3. The minimum atomic E-state index is -4.18. The van der Waals surface area contributed by atoms with E-state index in [1.165, 1.54) is 19.1 Å². The van der Waals surface area contributed by atoms with Crippen LogP contribution >= 0.6 is 0 Å². The number of hydrogen-bond donors (Lipinski definition) is 2. The Bertz CT molecular complexity index is 1110. The molecule has 0 aliphatic carbocycles. The highest BCUT2D eigenvalue weighted by Crippen LogP contribution is 2.27. The van der Waals surface area contributed by atoms with E-state index in [0.717, 1.165) is 23.3 Å². The molecule has 2 N–H and O–H groups in total. The average Bonchev–Trinajstić information content (AvgIpc) is 2.73. The van der Waals surface area contributed by atoms with Crippen molar-refractivity contribution in [3.63, 3.8) is 0 Å². The third kappa shape index (κ3) is 4.68. The van der Waals surface area contributed by atoms with Gasteiger partial charge in [-0.1, -0.05) is 66.7 Å². The van der Waals surface area contributed by atoms with E-state index in [2.05, 4.69) is 4.72 Å². The van der Waals surface area contributed by atoms with E-state index >= 15 is 0 Å². The molecule has 0 aliphatic heterocycles. The summed E-state index contributed by atoms with van der Waals surface area (Å²) in [6, 6.07) is 21.9. The fourth-order valence-electron chi connectivity index (χ4n) is 2.90. The van der Waals surface area contributed by atoms with Gasteiger partial charge in [0.05, 0.1) is 4.92 Å². The number of aliphatic hydroxyl groups is 1. The van der Waals surface area contributed by atoms with Crippen LogP contribution in [0.1, 0.15) is 12.5 Å². The van der Waals surface area contributed by atoms with E-state index in [9.17, 15) is 23.6 Å². The van der Waals surface area contributed by atoms with Gasteiger partial charge in [-0.25, -0.2) is 13.1 Å². The van der Waals surface area contributed by atoms with Crippen molar-refractivity contribution in [1.29, 1.82) is 0 Å². The molecule has 7 nitrogen and oxygen atoms in total. The number of nitrogens with one attached hydrogen (secondary N) is 1. The van der Waals surface area contributed by atoms with E-state index in [-0.39, 0.29) is 6.54 Å². The van der Waals surface area contributed by atoms with Gasteiger partial charge < -0.3 is 5.11 Å². The smallest absolute Gasteiger partial charge is 0.289 e. The van der Waals surface area contributed by atoms with Gasteiger partial charge in [-0.3, -0.25) is 10.1 Å². The first-order chi connectivity index (χ1) is 13.7. The Labute approximate surface area is 168 Å². The van der Waals surface area contributed by atoms with E-state index < -0.39 is 31.1 Å². The van der Waals surface area contributed by atoms with Crippen LogP contribution < -0.4 is 4.72 Å². The lowest BCUT2D eigenvalue weighted by Crippen LogP contribution is -2.38. The van der Waals surface area contributed by atoms with E-state index in [4.69, 9.17) is 0 Å². The summed E-state index contributed by atoms with van der Waals surface area (Å²) >= 11 is 0. The first-order valence-electron chi connectivity index (χ1n) is 8.82. The molecule has 0 aliphatic rings.